The summed E-state index contributed by atoms with van der Waals surface area (Å²) in [6, 6.07) is 3.79. The summed E-state index contributed by atoms with van der Waals surface area (Å²) in [6.45, 7) is 3.88. The lowest BCUT2D eigenvalue weighted by molar-refractivity contribution is -0.122. The topological polar surface area (TPSA) is 42.0 Å². The van der Waals surface area contributed by atoms with Crippen LogP contribution in [0.15, 0.2) is 24.5 Å². The Bertz CT molecular complexity index is 325. The molecule has 1 amide bonds. The lowest BCUT2D eigenvalue weighted by Crippen LogP contribution is -2.41. The highest BCUT2D eigenvalue weighted by atomic mass is 35.5. The Morgan fingerprint density at radius 3 is 2.87 bits per heavy atom. The maximum Gasteiger partial charge on any atom is 0.221 e. The molecular formula is C11H15ClN2O. The van der Waals surface area contributed by atoms with Gasteiger partial charge in [0, 0.05) is 24.7 Å². The molecule has 0 saturated heterocycles. The Morgan fingerprint density at radius 1 is 1.60 bits per heavy atom. The second kappa shape index (κ2) is 5.12. The molecule has 0 aliphatic rings. The molecule has 0 aliphatic carbocycles. The van der Waals surface area contributed by atoms with Crippen molar-refractivity contribution in [3.8, 4) is 0 Å². The van der Waals surface area contributed by atoms with Gasteiger partial charge >= 0.3 is 0 Å². The van der Waals surface area contributed by atoms with Crippen LogP contribution >= 0.6 is 11.6 Å². The van der Waals surface area contributed by atoms with Crippen molar-refractivity contribution in [3.63, 3.8) is 0 Å². The Balaban J connectivity index is 2.71. The number of amides is 1. The van der Waals surface area contributed by atoms with Crippen molar-refractivity contribution in [2.75, 3.05) is 5.88 Å². The molecule has 82 valence electrons. The summed E-state index contributed by atoms with van der Waals surface area (Å²) in [5.41, 5.74) is 0.574. The Kier molecular flexibility index (Phi) is 4.09. The zero-order valence-corrected chi connectivity index (χ0v) is 9.71. The Hall–Kier alpha value is -1.09. The average Bonchev–Trinajstić information content (AvgIpc) is 2.18. The molecule has 1 aromatic rings. The molecule has 0 aliphatic heterocycles. The van der Waals surface area contributed by atoms with E-state index in [9.17, 15) is 4.79 Å². The number of pyridine rings is 1. The molecule has 0 spiro atoms. The van der Waals surface area contributed by atoms with Gasteiger partial charge in [0.1, 0.15) is 0 Å². The van der Waals surface area contributed by atoms with Crippen LogP contribution in [0.25, 0.3) is 0 Å². The van der Waals surface area contributed by atoms with Gasteiger partial charge in [-0.05, 0) is 25.5 Å². The summed E-state index contributed by atoms with van der Waals surface area (Å²) in [5, 5.41) is 2.91. The smallest absolute Gasteiger partial charge is 0.221 e. The molecule has 1 heterocycles. The SMILES string of the molecule is CC(C)(NC(=O)CCCl)c1cccnc1. The van der Waals surface area contributed by atoms with E-state index >= 15 is 0 Å². The van der Waals surface area contributed by atoms with Crippen molar-refractivity contribution >= 4 is 17.5 Å². The summed E-state index contributed by atoms with van der Waals surface area (Å²) in [6.07, 6.45) is 3.80. The van der Waals surface area contributed by atoms with Gasteiger partial charge in [-0.1, -0.05) is 6.07 Å². The second-order valence-electron chi connectivity index (χ2n) is 3.85. The predicted octanol–water partition coefficient (Wildman–Crippen LogP) is 2.06. The highest BCUT2D eigenvalue weighted by molar-refractivity contribution is 6.18. The van der Waals surface area contributed by atoms with Gasteiger partial charge in [0.15, 0.2) is 0 Å². The lowest BCUT2D eigenvalue weighted by Gasteiger charge is -2.26. The summed E-state index contributed by atoms with van der Waals surface area (Å²) in [7, 11) is 0. The first-order valence-corrected chi connectivity index (χ1v) is 5.37. The van der Waals surface area contributed by atoms with Crippen LogP contribution in [-0.4, -0.2) is 16.8 Å². The minimum atomic E-state index is -0.405. The van der Waals surface area contributed by atoms with Gasteiger partial charge in [-0.25, -0.2) is 0 Å². The van der Waals surface area contributed by atoms with Gasteiger partial charge in [0.2, 0.25) is 5.91 Å². The minimum absolute atomic E-state index is 0.0427. The first-order valence-electron chi connectivity index (χ1n) is 4.84. The molecule has 0 aromatic carbocycles. The third-order valence-corrected chi connectivity index (χ3v) is 2.35. The molecule has 1 rings (SSSR count). The number of alkyl halides is 1. The number of nitrogens with zero attached hydrogens (tertiary/aromatic N) is 1. The van der Waals surface area contributed by atoms with Gasteiger partial charge < -0.3 is 5.32 Å². The van der Waals surface area contributed by atoms with Crippen molar-refractivity contribution < 1.29 is 4.79 Å². The molecule has 0 fully saturated rings. The van der Waals surface area contributed by atoms with Crippen LogP contribution in [0.3, 0.4) is 0 Å². The number of carbonyl (C=O) groups excluding carboxylic acids is 1. The zero-order valence-electron chi connectivity index (χ0n) is 8.96. The summed E-state index contributed by atoms with van der Waals surface area (Å²) >= 11 is 5.50. The zero-order chi connectivity index (χ0) is 11.3. The van der Waals surface area contributed by atoms with E-state index in [2.05, 4.69) is 10.3 Å². The van der Waals surface area contributed by atoms with E-state index in [0.29, 0.717) is 12.3 Å². The van der Waals surface area contributed by atoms with E-state index in [1.807, 2.05) is 26.0 Å². The van der Waals surface area contributed by atoms with Crippen molar-refractivity contribution in [1.82, 2.24) is 10.3 Å². The number of halogens is 1. The first kappa shape index (κ1) is 12.0. The number of aromatic nitrogens is 1. The maximum absolute atomic E-state index is 11.4. The van der Waals surface area contributed by atoms with Crippen LogP contribution in [-0.2, 0) is 10.3 Å². The van der Waals surface area contributed by atoms with Gasteiger partial charge in [-0.15, -0.1) is 11.6 Å². The molecule has 1 aromatic heterocycles. The molecule has 0 saturated carbocycles. The van der Waals surface area contributed by atoms with Crippen LogP contribution in [0.2, 0.25) is 0 Å². The molecule has 1 N–H and O–H groups in total. The van der Waals surface area contributed by atoms with Crippen LogP contribution in [0.5, 0.6) is 0 Å². The van der Waals surface area contributed by atoms with Crippen molar-refractivity contribution in [1.29, 1.82) is 0 Å². The number of carbonyl (C=O) groups is 1. The molecule has 4 heteroatoms. The highest BCUT2D eigenvalue weighted by Gasteiger charge is 2.22. The Morgan fingerprint density at radius 2 is 2.33 bits per heavy atom. The fourth-order valence-corrected chi connectivity index (χ4v) is 1.47. The molecule has 3 nitrogen and oxygen atoms in total. The van der Waals surface area contributed by atoms with Gasteiger partial charge in [0.25, 0.3) is 0 Å². The van der Waals surface area contributed by atoms with Gasteiger partial charge in [-0.3, -0.25) is 9.78 Å². The van der Waals surface area contributed by atoms with E-state index in [4.69, 9.17) is 11.6 Å². The molecule has 15 heavy (non-hydrogen) atoms. The monoisotopic (exact) mass is 226 g/mol. The van der Waals surface area contributed by atoms with Gasteiger partial charge in [0.05, 0.1) is 5.54 Å². The standard InChI is InChI=1S/C11H15ClN2O/c1-11(2,14-10(15)5-6-12)9-4-3-7-13-8-9/h3-4,7-8H,5-6H2,1-2H3,(H,14,15). The van der Waals surface area contributed by atoms with Crippen LogP contribution in [0.1, 0.15) is 25.8 Å². The van der Waals surface area contributed by atoms with E-state index in [0.717, 1.165) is 5.56 Å². The molecule has 0 radical (unpaired) electrons. The van der Waals surface area contributed by atoms with E-state index in [-0.39, 0.29) is 5.91 Å². The summed E-state index contributed by atoms with van der Waals surface area (Å²) < 4.78 is 0. The predicted molar refractivity (Wildman–Crippen MR) is 60.7 cm³/mol. The fraction of sp³-hybridized carbons (Fsp3) is 0.455. The van der Waals surface area contributed by atoms with Crippen LogP contribution in [0, 0.1) is 0 Å². The Labute approximate surface area is 94.9 Å². The summed E-state index contributed by atoms with van der Waals surface area (Å²) in [5.74, 6) is 0.299. The molecule has 0 atom stereocenters. The molecule has 0 unspecified atom stereocenters. The second-order valence-corrected chi connectivity index (χ2v) is 4.23. The van der Waals surface area contributed by atoms with Gasteiger partial charge in [-0.2, -0.15) is 0 Å². The largest absolute Gasteiger partial charge is 0.347 e. The van der Waals surface area contributed by atoms with E-state index in [1.165, 1.54) is 0 Å². The van der Waals surface area contributed by atoms with Crippen LogP contribution < -0.4 is 5.32 Å². The fourth-order valence-electron chi connectivity index (χ4n) is 1.30. The van der Waals surface area contributed by atoms with Crippen molar-refractivity contribution in [2.24, 2.45) is 0 Å². The number of hydrogen-bond donors (Lipinski definition) is 1. The van der Waals surface area contributed by atoms with Crippen molar-refractivity contribution in [2.45, 2.75) is 25.8 Å². The summed E-state index contributed by atoms with van der Waals surface area (Å²) in [4.78, 5) is 15.4. The first-order chi connectivity index (χ1) is 7.06. The third-order valence-electron chi connectivity index (χ3n) is 2.16. The lowest BCUT2D eigenvalue weighted by atomic mass is 9.96. The normalized spacial score (nSPS) is 11.1. The quantitative estimate of drug-likeness (QED) is 0.799. The average molecular weight is 227 g/mol. The third kappa shape index (κ3) is 3.51. The van der Waals surface area contributed by atoms with Crippen molar-refractivity contribution in [3.05, 3.63) is 30.1 Å². The number of nitrogens with one attached hydrogen (secondary N) is 1. The number of rotatable bonds is 4. The molecular weight excluding hydrogens is 212 g/mol. The van der Waals surface area contributed by atoms with Crippen LogP contribution in [0.4, 0.5) is 0 Å². The minimum Gasteiger partial charge on any atom is -0.347 e. The maximum atomic E-state index is 11.4. The molecule has 0 bridgehead atoms. The number of hydrogen-bond acceptors (Lipinski definition) is 2. The van der Waals surface area contributed by atoms with E-state index in [1.54, 1.807) is 12.4 Å². The highest BCUT2D eigenvalue weighted by Crippen LogP contribution is 2.18. The van der Waals surface area contributed by atoms with E-state index < -0.39 is 5.54 Å².